The minimum Gasteiger partial charge on any atom is -0.433 e. The van der Waals surface area contributed by atoms with E-state index in [-0.39, 0.29) is 28.8 Å². The topological polar surface area (TPSA) is 140 Å². The van der Waals surface area contributed by atoms with E-state index in [1.54, 1.807) is 13.8 Å². The molecule has 2 fully saturated rings. The van der Waals surface area contributed by atoms with Crippen LogP contribution >= 0.6 is 11.6 Å². The maximum absolute atomic E-state index is 13.0. The van der Waals surface area contributed by atoms with Gasteiger partial charge in [0.2, 0.25) is 18.1 Å². The number of hydrogen-bond donors (Lipinski definition) is 3. The van der Waals surface area contributed by atoms with Gasteiger partial charge in [0.25, 0.3) is 5.91 Å². The third-order valence-corrected chi connectivity index (χ3v) is 5.77. The van der Waals surface area contributed by atoms with Gasteiger partial charge in [0.15, 0.2) is 0 Å². The van der Waals surface area contributed by atoms with Crippen LogP contribution in [0.4, 0.5) is 5.69 Å². The molecule has 11 heteroatoms. The molecule has 0 radical (unpaired) electrons. The molecular weight excluding hydrogens is 440 g/mol. The summed E-state index contributed by atoms with van der Waals surface area (Å²) >= 11 is 5.96. The number of esters is 1. The molecule has 1 aromatic rings. The van der Waals surface area contributed by atoms with Gasteiger partial charge in [-0.05, 0) is 44.9 Å². The molecule has 0 aliphatic carbocycles. The number of nitrogens with one attached hydrogen (secondary N) is 2. The number of amides is 3. The van der Waals surface area contributed by atoms with Gasteiger partial charge in [-0.1, -0.05) is 11.6 Å². The van der Waals surface area contributed by atoms with Gasteiger partial charge in [-0.2, -0.15) is 0 Å². The molecule has 32 heavy (non-hydrogen) atoms. The molecule has 0 unspecified atom stereocenters. The first-order valence-corrected chi connectivity index (χ1v) is 10.9. The van der Waals surface area contributed by atoms with Crippen molar-refractivity contribution in [1.29, 1.82) is 0 Å². The van der Waals surface area contributed by atoms with Crippen molar-refractivity contribution in [2.75, 3.05) is 18.9 Å². The number of nitrogen functional groups attached to an aromatic ring is 1. The summed E-state index contributed by atoms with van der Waals surface area (Å²) in [5.74, 6) is -1.69. The van der Waals surface area contributed by atoms with E-state index < -0.39 is 36.3 Å². The van der Waals surface area contributed by atoms with E-state index in [9.17, 15) is 19.2 Å². The fourth-order valence-corrected chi connectivity index (χ4v) is 3.99. The Bertz CT molecular complexity index is 910. The Labute approximate surface area is 190 Å². The SMILES string of the molecule is CCO[C@H]1OC(=O)C[C@@H]1NC(=O)[C@@H]1CCCN1C(=O)[C@H](C)NC(=O)c1ccc(N)c(Cl)c1. The molecule has 4 N–H and O–H groups in total. The van der Waals surface area contributed by atoms with Crippen LogP contribution in [0.15, 0.2) is 18.2 Å². The van der Waals surface area contributed by atoms with Crippen LogP contribution < -0.4 is 16.4 Å². The Kier molecular flexibility index (Phi) is 7.57. The molecule has 2 aliphatic rings. The number of nitrogens with zero attached hydrogens (tertiary/aromatic N) is 1. The average Bonchev–Trinajstić information content (AvgIpc) is 3.36. The standard InChI is InChI=1S/C21H27ClN4O6/c1-3-31-21-15(10-17(27)32-21)25-19(29)16-5-4-8-26(16)20(30)11(2)24-18(28)12-6-7-14(23)13(22)9-12/h6-7,9,11,15-16,21H,3-5,8,10,23H2,1-2H3,(H,24,28)(H,25,29)/t11-,15-,16-,21-/m0/s1. The molecule has 3 amide bonds. The van der Waals surface area contributed by atoms with Crippen molar-refractivity contribution < 1.29 is 28.7 Å². The number of carbonyl (C=O) groups is 4. The minimum absolute atomic E-state index is 0.00762. The molecule has 4 atom stereocenters. The second kappa shape index (κ2) is 10.2. The van der Waals surface area contributed by atoms with Gasteiger partial charge in [0.1, 0.15) is 18.1 Å². The third-order valence-electron chi connectivity index (χ3n) is 5.44. The predicted octanol–water partition coefficient (Wildman–Crippen LogP) is 0.826. The maximum atomic E-state index is 13.0. The smallest absolute Gasteiger partial charge is 0.310 e. The predicted molar refractivity (Wildman–Crippen MR) is 116 cm³/mol. The highest BCUT2D eigenvalue weighted by Crippen LogP contribution is 2.22. The van der Waals surface area contributed by atoms with Crippen molar-refractivity contribution in [1.82, 2.24) is 15.5 Å². The highest BCUT2D eigenvalue weighted by atomic mass is 35.5. The Hall–Kier alpha value is -2.85. The van der Waals surface area contributed by atoms with E-state index in [1.165, 1.54) is 23.1 Å². The number of benzene rings is 1. The number of ether oxygens (including phenoxy) is 2. The first kappa shape index (κ1) is 23.8. The minimum atomic E-state index is -0.861. The van der Waals surface area contributed by atoms with E-state index in [4.69, 9.17) is 26.8 Å². The molecule has 3 rings (SSSR count). The fraction of sp³-hybridized carbons (Fsp3) is 0.524. The van der Waals surface area contributed by atoms with Crippen LogP contribution in [-0.4, -0.2) is 66.2 Å². The monoisotopic (exact) mass is 466 g/mol. The molecule has 0 bridgehead atoms. The summed E-state index contributed by atoms with van der Waals surface area (Å²) in [5, 5.41) is 5.65. The van der Waals surface area contributed by atoms with Crippen molar-refractivity contribution in [2.24, 2.45) is 0 Å². The Morgan fingerprint density at radius 3 is 2.81 bits per heavy atom. The van der Waals surface area contributed by atoms with E-state index in [0.717, 1.165) is 0 Å². The zero-order chi connectivity index (χ0) is 23.4. The summed E-state index contributed by atoms with van der Waals surface area (Å²) in [4.78, 5) is 51.4. The number of nitrogens with two attached hydrogens (primary N) is 1. The summed E-state index contributed by atoms with van der Waals surface area (Å²) in [6.45, 7) is 4.03. The van der Waals surface area contributed by atoms with Gasteiger partial charge in [-0.25, -0.2) is 0 Å². The molecule has 0 saturated carbocycles. The quantitative estimate of drug-likeness (QED) is 0.399. The van der Waals surface area contributed by atoms with Crippen LogP contribution in [-0.2, 0) is 23.9 Å². The van der Waals surface area contributed by atoms with Crippen LogP contribution in [0.3, 0.4) is 0 Å². The van der Waals surface area contributed by atoms with Gasteiger partial charge in [-0.3, -0.25) is 19.2 Å². The zero-order valence-corrected chi connectivity index (χ0v) is 18.7. The lowest BCUT2D eigenvalue weighted by molar-refractivity contribution is -0.164. The number of likely N-dealkylation sites (tertiary alicyclic amines) is 1. The van der Waals surface area contributed by atoms with Crippen LogP contribution in [0, 0.1) is 0 Å². The molecule has 0 spiro atoms. The number of hydrogen-bond acceptors (Lipinski definition) is 7. The first-order chi connectivity index (χ1) is 15.2. The van der Waals surface area contributed by atoms with Gasteiger partial charge >= 0.3 is 5.97 Å². The highest BCUT2D eigenvalue weighted by molar-refractivity contribution is 6.33. The zero-order valence-electron chi connectivity index (χ0n) is 17.9. The highest BCUT2D eigenvalue weighted by Gasteiger charge is 2.41. The molecule has 10 nitrogen and oxygen atoms in total. The van der Waals surface area contributed by atoms with Gasteiger partial charge in [-0.15, -0.1) is 0 Å². The second-order valence-corrected chi connectivity index (χ2v) is 8.16. The van der Waals surface area contributed by atoms with Crippen molar-refractivity contribution in [3.05, 3.63) is 28.8 Å². The van der Waals surface area contributed by atoms with E-state index in [0.29, 0.717) is 31.7 Å². The first-order valence-electron chi connectivity index (χ1n) is 10.5. The number of rotatable bonds is 7. The van der Waals surface area contributed by atoms with Crippen LogP contribution in [0.1, 0.15) is 43.5 Å². The van der Waals surface area contributed by atoms with Gasteiger partial charge < -0.3 is 30.7 Å². The second-order valence-electron chi connectivity index (χ2n) is 7.75. The third kappa shape index (κ3) is 5.31. The molecule has 2 heterocycles. The van der Waals surface area contributed by atoms with Crippen LogP contribution in [0.5, 0.6) is 0 Å². The van der Waals surface area contributed by atoms with Crippen LogP contribution in [0.25, 0.3) is 0 Å². The summed E-state index contributed by atoms with van der Waals surface area (Å²) in [5.41, 5.74) is 6.28. The lowest BCUT2D eigenvalue weighted by atomic mass is 10.1. The van der Waals surface area contributed by atoms with Crippen molar-refractivity contribution in [3.63, 3.8) is 0 Å². The molecule has 2 aliphatic heterocycles. The van der Waals surface area contributed by atoms with Crippen molar-refractivity contribution in [3.8, 4) is 0 Å². The average molecular weight is 467 g/mol. The Balaban J connectivity index is 1.61. The number of halogens is 1. The van der Waals surface area contributed by atoms with Crippen LogP contribution in [0.2, 0.25) is 5.02 Å². The molecule has 2 saturated heterocycles. The Morgan fingerprint density at radius 1 is 1.38 bits per heavy atom. The molecule has 1 aromatic carbocycles. The largest absolute Gasteiger partial charge is 0.433 e. The van der Waals surface area contributed by atoms with Crippen molar-refractivity contribution >= 4 is 41.0 Å². The van der Waals surface area contributed by atoms with Gasteiger partial charge in [0, 0.05) is 18.7 Å². The van der Waals surface area contributed by atoms with E-state index in [1.807, 2.05) is 0 Å². The molecule has 174 valence electrons. The van der Waals surface area contributed by atoms with Crippen molar-refractivity contribution in [2.45, 2.75) is 57.5 Å². The summed E-state index contributed by atoms with van der Waals surface area (Å²) in [7, 11) is 0. The summed E-state index contributed by atoms with van der Waals surface area (Å²) < 4.78 is 10.4. The number of carbonyl (C=O) groups excluding carboxylic acids is 4. The molecular formula is C21H27ClN4O6. The summed E-state index contributed by atoms with van der Waals surface area (Å²) in [6.07, 6.45) is 0.292. The number of cyclic esters (lactones) is 1. The normalized spacial score (nSPS) is 23.5. The lowest BCUT2D eigenvalue weighted by Crippen LogP contribution is -2.54. The maximum Gasteiger partial charge on any atom is 0.310 e. The molecule has 0 aromatic heterocycles. The lowest BCUT2D eigenvalue weighted by Gasteiger charge is -2.28. The number of anilines is 1. The van der Waals surface area contributed by atoms with E-state index in [2.05, 4.69) is 10.6 Å². The fourth-order valence-electron chi connectivity index (χ4n) is 3.81. The summed E-state index contributed by atoms with van der Waals surface area (Å²) in [6, 6.07) is 2.28. The Morgan fingerprint density at radius 2 is 2.12 bits per heavy atom. The van der Waals surface area contributed by atoms with E-state index >= 15 is 0 Å². The van der Waals surface area contributed by atoms with Gasteiger partial charge in [0.05, 0.1) is 17.1 Å².